The molecule has 0 amide bonds. The second-order valence-corrected chi connectivity index (χ2v) is 4.78. The molecule has 0 unspecified atom stereocenters. The van der Waals surface area contributed by atoms with Gasteiger partial charge in [0.2, 0.25) is 0 Å². The number of Topliss-reactive ketones (excluding diaryl/α,β-unsaturated/α-hetero) is 1. The summed E-state index contributed by atoms with van der Waals surface area (Å²) in [6.07, 6.45) is 0. The van der Waals surface area contributed by atoms with Gasteiger partial charge in [-0.15, -0.1) is 0 Å². The lowest BCUT2D eigenvalue weighted by molar-refractivity contribution is 0.0999. The fourth-order valence-electron chi connectivity index (χ4n) is 2.04. The Bertz CT molecular complexity index is 575. The maximum atomic E-state index is 12.9. The summed E-state index contributed by atoms with van der Waals surface area (Å²) >= 11 is 0. The van der Waals surface area contributed by atoms with Crippen LogP contribution in [0.25, 0.3) is 0 Å². The molecule has 0 atom stereocenters. The Morgan fingerprint density at radius 2 is 1.65 bits per heavy atom. The Morgan fingerprint density at radius 3 is 2.20 bits per heavy atom. The van der Waals surface area contributed by atoms with E-state index in [1.807, 2.05) is 43.0 Å². The summed E-state index contributed by atoms with van der Waals surface area (Å²) in [7, 11) is 0. The van der Waals surface area contributed by atoms with E-state index in [1.165, 1.54) is 12.1 Å². The van der Waals surface area contributed by atoms with E-state index in [0.29, 0.717) is 18.7 Å². The number of nitrogens with zero attached hydrogens (tertiary/aromatic N) is 1. The highest BCUT2D eigenvalue weighted by molar-refractivity contribution is 5.99. The third-order valence-corrected chi connectivity index (χ3v) is 3.28. The van der Waals surface area contributed by atoms with E-state index in [2.05, 4.69) is 0 Å². The van der Waals surface area contributed by atoms with Crippen molar-refractivity contribution in [3.8, 4) is 0 Å². The van der Waals surface area contributed by atoms with Gasteiger partial charge in [-0.25, -0.2) is 4.39 Å². The average Bonchev–Trinajstić information content (AvgIpc) is 2.46. The summed E-state index contributed by atoms with van der Waals surface area (Å²) in [5.41, 5.74) is 2.69. The number of aryl methyl sites for hydroxylation is 1. The first-order valence-corrected chi connectivity index (χ1v) is 6.70. The number of carbonyl (C=O) groups excluding carboxylic acids is 1. The lowest BCUT2D eigenvalue weighted by Gasteiger charge is -2.22. The van der Waals surface area contributed by atoms with Crippen LogP contribution in [0, 0.1) is 12.7 Å². The van der Waals surface area contributed by atoms with Gasteiger partial charge in [-0.3, -0.25) is 4.79 Å². The predicted molar refractivity (Wildman–Crippen MR) is 79.8 cm³/mol. The van der Waals surface area contributed by atoms with Gasteiger partial charge in [-0.2, -0.15) is 0 Å². The maximum Gasteiger partial charge on any atom is 0.182 e. The number of ketones is 1. The van der Waals surface area contributed by atoms with Gasteiger partial charge in [0.25, 0.3) is 0 Å². The molecule has 2 rings (SSSR count). The summed E-state index contributed by atoms with van der Waals surface area (Å²) < 4.78 is 12.9. The maximum absolute atomic E-state index is 12.9. The van der Waals surface area contributed by atoms with E-state index in [1.54, 1.807) is 12.1 Å². The molecule has 104 valence electrons. The second kappa shape index (κ2) is 6.33. The number of anilines is 1. The number of hydrogen-bond donors (Lipinski definition) is 0. The van der Waals surface area contributed by atoms with Crippen LogP contribution in [0.1, 0.15) is 22.8 Å². The number of hydrogen-bond acceptors (Lipinski definition) is 2. The zero-order chi connectivity index (χ0) is 14.5. The van der Waals surface area contributed by atoms with E-state index < -0.39 is 0 Å². The minimum atomic E-state index is -0.269. The minimum Gasteiger partial charge on any atom is -0.364 e. The van der Waals surface area contributed by atoms with Crippen molar-refractivity contribution >= 4 is 11.5 Å². The zero-order valence-corrected chi connectivity index (χ0v) is 11.8. The van der Waals surface area contributed by atoms with Crippen LogP contribution in [0.15, 0.2) is 48.5 Å². The molecule has 0 bridgehead atoms. The summed E-state index contributed by atoms with van der Waals surface area (Å²) in [4.78, 5) is 14.2. The highest BCUT2D eigenvalue weighted by Gasteiger charge is 2.12. The molecular formula is C17H18FNO. The molecule has 0 aliphatic carbocycles. The van der Waals surface area contributed by atoms with Crippen LogP contribution in [0.5, 0.6) is 0 Å². The molecule has 0 aliphatic rings. The quantitative estimate of drug-likeness (QED) is 0.770. The molecule has 0 fully saturated rings. The molecule has 0 radical (unpaired) electrons. The molecular weight excluding hydrogens is 253 g/mol. The normalized spacial score (nSPS) is 10.3. The van der Waals surface area contributed by atoms with Crippen molar-refractivity contribution in [2.45, 2.75) is 13.8 Å². The van der Waals surface area contributed by atoms with Gasteiger partial charge in [0, 0.05) is 17.8 Å². The van der Waals surface area contributed by atoms with Crippen LogP contribution in [0.4, 0.5) is 10.1 Å². The predicted octanol–water partition coefficient (Wildman–Crippen LogP) is 3.84. The summed E-state index contributed by atoms with van der Waals surface area (Å²) in [6.45, 7) is 4.96. The van der Waals surface area contributed by atoms with Crippen molar-refractivity contribution in [3.63, 3.8) is 0 Å². The van der Waals surface area contributed by atoms with Gasteiger partial charge in [-0.05, 0) is 38.1 Å². The molecule has 2 nitrogen and oxygen atoms in total. The van der Waals surface area contributed by atoms with Crippen molar-refractivity contribution in [3.05, 3.63) is 65.5 Å². The van der Waals surface area contributed by atoms with Gasteiger partial charge >= 0.3 is 0 Å². The van der Waals surface area contributed by atoms with Gasteiger partial charge in [0.15, 0.2) is 5.78 Å². The van der Waals surface area contributed by atoms with Crippen LogP contribution < -0.4 is 4.90 Å². The van der Waals surface area contributed by atoms with Crippen LogP contribution in [-0.4, -0.2) is 18.9 Å². The van der Waals surface area contributed by atoms with E-state index >= 15 is 0 Å². The van der Waals surface area contributed by atoms with Crippen LogP contribution in [-0.2, 0) is 0 Å². The Labute approximate surface area is 118 Å². The summed E-state index contributed by atoms with van der Waals surface area (Å²) in [5, 5.41) is 0. The lowest BCUT2D eigenvalue weighted by Crippen LogP contribution is -2.29. The molecule has 0 heterocycles. The number of likely N-dealkylation sites (N-methyl/N-ethyl adjacent to an activating group) is 1. The highest BCUT2D eigenvalue weighted by Crippen LogP contribution is 2.15. The fourth-order valence-corrected chi connectivity index (χ4v) is 2.04. The molecule has 0 saturated carbocycles. The van der Waals surface area contributed by atoms with Crippen molar-refractivity contribution in [2.24, 2.45) is 0 Å². The molecule has 2 aromatic rings. The van der Waals surface area contributed by atoms with E-state index in [0.717, 1.165) is 11.3 Å². The van der Waals surface area contributed by atoms with Gasteiger partial charge in [0.1, 0.15) is 5.82 Å². The topological polar surface area (TPSA) is 20.3 Å². The van der Waals surface area contributed by atoms with Crippen LogP contribution >= 0.6 is 0 Å². The monoisotopic (exact) mass is 271 g/mol. The first-order chi connectivity index (χ1) is 9.60. The molecule has 0 aromatic heterocycles. The number of benzene rings is 2. The first-order valence-electron chi connectivity index (χ1n) is 6.70. The molecule has 3 heteroatoms. The van der Waals surface area contributed by atoms with Gasteiger partial charge < -0.3 is 4.90 Å². The Kier molecular flexibility index (Phi) is 4.51. The third kappa shape index (κ3) is 3.44. The number of carbonyl (C=O) groups is 1. The Hall–Kier alpha value is -2.16. The molecule has 0 N–H and O–H groups in total. The SMILES string of the molecule is CCN(CC(=O)c1ccc(C)cc1)c1ccc(F)cc1. The van der Waals surface area contributed by atoms with E-state index in [-0.39, 0.29) is 11.6 Å². The second-order valence-electron chi connectivity index (χ2n) is 4.78. The van der Waals surface area contributed by atoms with Crippen LogP contribution in [0.2, 0.25) is 0 Å². The molecule has 20 heavy (non-hydrogen) atoms. The summed E-state index contributed by atoms with van der Waals surface area (Å²) in [6, 6.07) is 13.8. The van der Waals surface area contributed by atoms with E-state index in [9.17, 15) is 9.18 Å². The van der Waals surface area contributed by atoms with E-state index in [4.69, 9.17) is 0 Å². The molecule has 0 saturated heterocycles. The average molecular weight is 271 g/mol. The first kappa shape index (κ1) is 14.3. The van der Waals surface area contributed by atoms with Crippen molar-refractivity contribution in [1.29, 1.82) is 0 Å². The van der Waals surface area contributed by atoms with Crippen LogP contribution in [0.3, 0.4) is 0 Å². The Morgan fingerprint density at radius 1 is 1.05 bits per heavy atom. The standard InChI is InChI=1S/C17H18FNO/c1-3-19(16-10-8-15(18)9-11-16)12-17(20)14-6-4-13(2)5-7-14/h4-11H,3,12H2,1-2H3. The highest BCUT2D eigenvalue weighted by atomic mass is 19.1. The fraction of sp³-hybridized carbons (Fsp3) is 0.235. The Balaban J connectivity index is 2.11. The smallest absolute Gasteiger partial charge is 0.182 e. The molecule has 2 aromatic carbocycles. The number of rotatable bonds is 5. The third-order valence-electron chi connectivity index (χ3n) is 3.28. The zero-order valence-electron chi connectivity index (χ0n) is 11.8. The van der Waals surface area contributed by atoms with Crippen molar-refractivity contribution < 1.29 is 9.18 Å². The largest absolute Gasteiger partial charge is 0.364 e. The van der Waals surface area contributed by atoms with Gasteiger partial charge in [-0.1, -0.05) is 29.8 Å². The lowest BCUT2D eigenvalue weighted by atomic mass is 10.1. The van der Waals surface area contributed by atoms with Crippen molar-refractivity contribution in [2.75, 3.05) is 18.0 Å². The van der Waals surface area contributed by atoms with Crippen molar-refractivity contribution in [1.82, 2.24) is 0 Å². The van der Waals surface area contributed by atoms with Gasteiger partial charge in [0.05, 0.1) is 6.54 Å². The minimum absolute atomic E-state index is 0.0659. The summed E-state index contributed by atoms with van der Waals surface area (Å²) in [5.74, 6) is -0.203. The number of halogens is 1. The molecule has 0 aliphatic heterocycles. The molecule has 0 spiro atoms.